The van der Waals surface area contributed by atoms with Gasteiger partial charge in [0.05, 0.1) is 12.8 Å². The van der Waals surface area contributed by atoms with Crippen molar-refractivity contribution in [2.45, 2.75) is 12.9 Å². The lowest BCUT2D eigenvalue weighted by atomic mass is 10.2. The summed E-state index contributed by atoms with van der Waals surface area (Å²) in [7, 11) is 0. The number of ether oxygens (including phenoxy) is 1. The average molecular weight is 301 g/mol. The molecule has 5 nitrogen and oxygen atoms in total. The van der Waals surface area contributed by atoms with Crippen LogP contribution in [-0.4, -0.2) is 17.4 Å². The first-order chi connectivity index (χ1) is 9.85. The summed E-state index contributed by atoms with van der Waals surface area (Å²) >= 11 is 0. The van der Waals surface area contributed by atoms with Gasteiger partial charge in [-0.3, -0.25) is 0 Å². The highest BCUT2D eigenvalue weighted by Crippen LogP contribution is 2.24. The molecule has 0 unspecified atom stereocenters. The molecule has 0 aliphatic rings. The van der Waals surface area contributed by atoms with Crippen molar-refractivity contribution in [1.29, 1.82) is 0 Å². The Kier molecular flexibility index (Phi) is 4.06. The van der Waals surface area contributed by atoms with Gasteiger partial charge in [-0.05, 0) is 30.3 Å². The fraction of sp³-hybridized carbons (Fsp3) is 0.154. The summed E-state index contributed by atoms with van der Waals surface area (Å²) in [6.45, 7) is 0.0914. The molecule has 0 atom stereocenters. The van der Waals surface area contributed by atoms with E-state index in [1.54, 1.807) is 0 Å². The molecule has 0 saturated heterocycles. The number of hydrogen-bond donors (Lipinski definition) is 2. The number of rotatable bonds is 5. The van der Waals surface area contributed by atoms with E-state index in [-0.39, 0.29) is 23.6 Å². The van der Waals surface area contributed by atoms with E-state index in [0.29, 0.717) is 5.69 Å². The maximum Gasteiger partial charge on any atom is 0.573 e. The minimum atomic E-state index is -4.74. The van der Waals surface area contributed by atoms with Gasteiger partial charge >= 0.3 is 12.3 Å². The SMILES string of the molecule is O=C(O)c1ccoc1CNc1ccc(OC(F)(F)F)cc1. The molecule has 1 aromatic carbocycles. The normalized spacial score (nSPS) is 11.2. The number of furan rings is 1. The number of halogens is 3. The summed E-state index contributed by atoms with van der Waals surface area (Å²) in [4.78, 5) is 10.9. The van der Waals surface area contributed by atoms with Gasteiger partial charge in [-0.25, -0.2) is 4.79 Å². The number of carbonyl (C=O) groups is 1. The molecule has 8 heteroatoms. The molecule has 0 saturated carbocycles. The smallest absolute Gasteiger partial charge is 0.478 e. The highest BCUT2D eigenvalue weighted by atomic mass is 19.4. The molecule has 0 amide bonds. The quantitative estimate of drug-likeness (QED) is 0.884. The maximum absolute atomic E-state index is 12.0. The molecule has 21 heavy (non-hydrogen) atoms. The van der Waals surface area contributed by atoms with Crippen LogP contribution >= 0.6 is 0 Å². The van der Waals surface area contributed by atoms with Gasteiger partial charge in [0, 0.05) is 5.69 Å². The first-order valence-corrected chi connectivity index (χ1v) is 5.74. The predicted octanol–water partition coefficient (Wildman–Crippen LogP) is 3.49. The number of alkyl halides is 3. The highest BCUT2D eigenvalue weighted by Gasteiger charge is 2.30. The third-order valence-electron chi connectivity index (χ3n) is 2.52. The molecule has 0 aliphatic heterocycles. The molecule has 1 heterocycles. The zero-order valence-corrected chi connectivity index (χ0v) is 10.5. The lowest BCUT2D eigenvalue weighted by Crippen LogP contribution is -2.17. The van der Waals surface area contributed by atoms with Crippen molar-refractivity contribution < 1.29 is 32.2 Å². The summed E-state index contributed by atoms with van der Waals surface area (Å²) in [5.41, 5.74) is 0.525. The van der Waals surface area contributed by atoms with Crippen molar-refractivity contribution in [3.63, 3.8) is 0 Å². The Balaban J connectivity index is 1.98. The highest BCUT2D eigenvalue weighted by molar-refractivity contribution is 5.88. The van der Waals surface area contributed by atoms with Gasteiger partial charge in [-0.1, -0.05) is 0 Å². The van der Waals surface area contributed by atoms with Gasteiger partial charge in [-0.2, -0.15) is 0 Å². The topological polar surface area (TPSA) is 71.7 Å². The lowest BCUT2D eigenvalue weighted by molar-refractivity contribution is -0.274. The fourth-order valence-corrected chi connectivity index (χ4v) is 1.62. The molecule has 2 rings (SSSR count). The molecule has 0 aliphatic carbocycles. The van der Waals surface area contributed by atoms with Crippen molar-refractivity contribution >= 4 is 11.7 Å². The summed E-state index contributed by atoms with van der Waals surface area (Å²) in [5, 5.41) is 11.7. The number of anilines is 1. The van der Waals surface area contributed by atoms with Crippen LogP contribution in [0.3, 0.4) is 0 Å². The fourth-order valence-electron chi connectivity index (χ4n) is 1.62. The molecule has 2 aromatic rings. The molecule has 0 fully saturated rings. The molecule has 112 valence electrons. The summed E-state index contributed by atoms with van der Waals surface area (Å²) in [6.07, 6.45) is -3.49. The van der Waals surface area contributed by atoms with Crippen LogP contribution in [0.2, 0.25) is 0 Å². The van der Waals surface area contributed by atoms with Gasteiger partial charge in [0.25, 0.3) is 0 Å². The Morgan fingerprint density at radius 1 is 1.24 bits per heavy atom. The molecule has 1 aromatic heterocycles. The van der Waals surface area contributed by atoms with E-state index in [1.165, 1.54) is 24.5 Å². The largest absolute Gasteiger partial charge is 0.573 e. The van der Waals surface area contributed by atoms with E-state index in [2.05, 4.69) is 10.1 Å². The summed E-state index contributed by atoms with van der Waals surface area (Å²) < 4.78 is 44.7. The van der Waals surface area contributed by atoms with Crippen molar-refractivity contribution in [2.24, 2.45) is 0 Å². The van der Waals surface area contributed by atoms with Gasteiger partial charge < -0.3 is 19.6 Å². The number of aromatic carboxylic acids is 1. The minimum absolute atomic E-state index is 0.0273. The van der Waals surface area contributed by atoms with E-state index in [4.69, 9.17) is 9.52 Å². The van der Waals surface area contributed by atoms with Crippen LogP contribution in [0.25, 0.3) is 0 Å². The number of carboxylic acid groups (broad SMARTS) is 1. The standard InChI is InChI=1S/C13H10F3NO4/c14-13(15,16)21-9-3-1-8(2-4-9)17-7-11-10(12(18)19)5-6-20-11/h1-6,17H,7H2,(H,18,19). The average Bonchev–Trinajstić information content (AvgIpc) is 2.84. The monoisotopic (exact) mass is 301 g/mol. The van der Waals surface area contributed by atoms with Crippen LogP contribution in [0.5, 0.6) is 5.75 Å². The second kappa shape index (κ2) is 5.78. The predicted molar refractivity (Wildman–Crippen MR) is 66.1 cm³/mol. The number of hydrogen-bond acceptors (Lipinski definition) is 4. The number of nitrogens with one attached hydrogen (secondary N) is 1. The number of carboxylic acids is 1. The van der Waals surface area contributed by atoms with E-state index < -0.39 is 12.3 Å². The van der Waals surface area contributed by atoms with Crippen LogP contribution in [0.1, 0.15) is 16.1 Å². The van der Waals surface area contributed by atoms with Gasteiger partial charge in [0.1, 0.15) is 17.1 Å². The van der Waals surface area contributed by atoms with Crippen molar-refractivity contribution in [3.05, 3.63) is 47.9 Å². The zero-order valence-electron chi connectivity index (χ0n) is 10.5. The van der Waals surface area contributed by atoms with Crippen LogP contribution in [0.4, 0.5) is 18.9 Å². The maximum atomic E-state index is 12.0. The Bertz CT molecular complexity index is 619. The third-order valence-corrected chi connectivity index (χ3v) is 2.52. The summed E-state index contributed by atoms with van der Waals surface area (Å²) in [5.74, 6) is -1.23. The minimum Gasteiger partial charge on any atom is -0.478 e. The van der Waals surface area contributed by atoms with E-state index in [0.717, 1.165) is 12.1 Å². The van der Waals surface area contributed by atoms with E-state index in [1.807, 2.05) is 0 Å². The van der Waals surface area contributed by atoms with Crippen molar-refractivity contribution in [1.82, 2.24) is 0 Å². The van der Waals surface area contributed by atoms with Crippen LogP contribution in [-0.2, 0) is 6.54 Å². The molecular weight excluding hydrogens is 291 g/mol. The van der Waals surface area contributed by atoms with Gasteiger partial charge in [0.2, 0.25) is 0 Å². The van der Waals surface area contributed by atoms with Crippen LogP contribution in [0, 0.1) is 0 Å². The molecule has 0 radical (unpaired) electrons. The Morgan fingerprint density at radius 3 is 2.48 bits per heavy atom. The zero-order chi connectivity index (χ0) is 15.5. The van der Waals surface area contributed by atoms with Crippen molar-refractivity contribution in [3.8, 4) is 5.75 Å². The lowest BCUT2D eigenvalue weighted by Gasteiger charge is -2.10. The third kappa shape index (κ3) is 4.16. The van der Waals surface area contributed by atoms with Crippen LogP contribution in [0.15, 0.2) is 41.0 Å². The Labute approximate surface area is 116 Å². The Morgan fingerprint density at radius 2 is 1.90 bits per heavy atom. The molecular formula is C13H10F3NO4. The van der Waals surface area contributed by atoms with Crippen molar-refractivity contribution in [2.75, 3.05) is 5.32 Å². The second-order valence-corrected chi connectivity index (χ2v) is 3.99. The second-order valence-electron chi connectivity index (χ2n) is 3.99. The van der Waals surface area contributed by atoms with E-state index in [9.17, 15) is 18.0 Å². The molecule has 0 bridgehead atoms. The first kappa shape index (κ1) is 14.8. The molecule has 0 spiro atoms. The van der Waals surface area contributed by atoms with E-state index >= 15 is 0 Å². The summed E-state index contributed by atoms with van der Waals surface area (Å²) in [6, 6.07) is 6.38. The molecule has 2 N–H and O–H groups in total. The van der Waals surface area contributed by atoms with Crippen LogP contribution < -0.4 is 10.1 Å². The van der Waals surface area contributed by atoms with Gasteiger partial charge in [-0.15, -0.1) is 13.2 Å². The van der Waals surface area contributed by atoms with Gasteiger partial charge in [0.15, 0.2) is 0 Å². The number of benzene rings is 1. The Hall–Kier alpha value is -2.64. The first-order valence-electron chi connectivity index (χ1n) is 5.74.